The number of aliphatic hydroxyl groups is 1. The molecule has 30 heavy (non-hydrogen) atoms. The molecule has 0 amide bonds. The first kappa shape index (κ1) is 21.0. The molecule has 2 aliphatic rings. The van der Waals surface area contributed by atoms with Crippen LogP contribution >= 0.6 is 11.6 Å². The predicted molar refractivity (Wildman–Crippen MR) is 114 cm³/mol. The summed E-state index contributed by atoms with van der Waals surface area (Å²) in [6, 6.07) is 10.2. The molecule has 0 aliphatic carbocycles. The molecule has 4 nitrogen and oxygen atoms in total. The number of fused-ring (bicyclic) bond motifs is 2. The van der Waals surface area contributed by atoms with Crippen LogP contribution in [-0.2, 0) is 20.7 Å². The topological polar surface area (TPSA) is 55.8 Å². The molecule has 0 spiro atoms. The second kappa shape index (κ2) is 8.14. The summed E-state index contributed by atoms with van der Waals surface area (Å²) < 4.78 is 25.5. The molecule has 2 atom stereocenters. The van der Waals surface area contributed by atoms with Crippen molar-refractivity contribution < 1.29 is 23.8 Å². The molecule has 2 bridgehead atoms. The third-order valence-corrected chi connectivity index (χ3v) is 6.24. The van der Waals surface area contributed by atoms with E-state index in [1.807, 2.05) is 32.0 Å². The van der Waals surface area contributed by atoms with Crippen molar-refractivity contribution in [3.63, 3.8) is 0 Å². The number of halogens is 2. The first-order valence-electron chi connectivity index (χ1n) is 10.2. The largest absolute Gasteiger partial charge is 0.508 e. The zero-order valence-corrected chi connectivity index (χ0v) is 17.8. The highest BCUT2D eigenvalue weighted by Crippen LogP contribution is 2.46. The van der Waals surface area contributed by atoms with Gasteiger partial charge >= 0.3 is 0 Å². The minimum Gasteiger partial charge on any atom is -0.508 e. The highest BCUT2D eigenvalue weighted by molar-refractivity contribution is 6.30. The van der Waals surface area contributed by atoms with Crippen LogP contribution in [0.1, 0.15) is 37.8 Å². The van der Waals surface area contributed by atoms with E-state index >= 15 is 0 Å². The zero-order valence-electron chi connectivity index (χ0n) is 17.0. The van der Waals surface area contributed by atoms with Crippen LogP contribution in [0.2, 0.25) is 5.02 Å². The van der Waals surface area contributed by atoms with Gasteiger partial charge in [-0.1, -0.05) is 36.7 Å². The van der Waals surface area contributed by atoms with Crippen molar-refractivity contribution in [1.82, 2.24) is 0 Å². The molecular formula is C24H24ClFO4. The van der Waals surface area contributed by atoms with E-state index in [1.54, 1.807) is 6.07 Å². The summed E-state index contributed by atoms with van der Waals surface area (Å²) in [5.41, 5.74) is 2.27. The number of ether oxygens (including phenoxy) is 2. The Morgan fingerprint density at radius 1 is 1.23 bits per heavy atom. The first-order valence-corrected chi connectivity index (χ1v) is 10.6. The Bertz CT molecular complexity index is 1030. The van der Waals surface area contributed by atoms with Crippen molar-refractivity contribution >= 4 is 23.0 Å². The standard InChI is InChI=1S/C24H24ClFO4/c1-3-14-5-6-15(16-7-8-18(25)19(26)12-16)11-17(14)21-22(27)20-9-10-24(30-20,23(21)28)13-29-4-2/h5-8,11-12,20,28H,3-4,9-10,13H2,1-2H3/t20-,24-/m0/s1. The molecule has 4 rings (SSSR count). The van der Waals surface area contributed by atoms with Gasteiger partial charge < -0.3 is 14.6 Å². The molecule has 1 N–H and O–H groups in total. The van der Waals surface area contributed by atoms with Gasteiger partial charge in [-0.3, -0.25) is 4.79 Å². The Balaban J connectivity index is 1.86. The van der Waals surface area contributed by atoms with Crippen LogP contribution in [0.3, 0.4) is 0 Å². The van der Waals surface area contributed by atoms with Gasteiger partial charge in [-0.2, -0.15) is 0 Å². The molecule has 0 radical (unpaired) electrons. The second-order valence-electron chi connectivity index (χ2n) is 7.72. The van der Waals surface area contributed by atoms with Crippen LogP contribution in [0.15, 0.2) is 42.2 Å². The average Bonchev–Trinajstić information content (AvgIpc) is 3.16. The quantitative estimate of drug-likeness (QED) is 0.656. The SMILES string of the molecule is CCOC[C@]12CC[C@H](O1)C(=O)C(c1cc(-c3ccc(Cl)c(F)c3)ccc1CC)=C2O. The van der Waals surface area contributed by atoms with Gasteiger partial charge in [0, 0.05) is 6.61 Å². The van der Waals surface area contributed by atoms with E-state index in [0.717, 1.165) is 11.1 Å². The third-order valence-electron chi connectivity index (χ3n) is 5.94. The fourth-order valence-electron chi connectivity index (χ4n) is 4.29. The van der Waals surface area contributed by atoms with E-state index in [9.17, 15) is 14.3 Å². The maximum Gasteiger partial charge on any atom is 0.195 e. The molecule has 2 aromatic rings. The van der Waals surface area contributed by atoms with E-state index in [-0.39, 0.29) is 28.7 Å². The minimum atomic E-state index is -0.989. The Morgan fingerprint density at radius 2 is 1.97 bits per heavy atom. The van der Waals surface area contributed by atoms with Crippen LogP contribution < -0.4 is 0 Å². The number of benzene rings is 2. The maximum atomic E-state index is 14.0. The molecular weight excluding hydrogens is 407 g/mol. The lowest BCUT2D eigenvalue weighted by atomic mass is 9.86. The average molecular weight is 431 g/mol. The summed E-state index contributed by atoms with van der Waals surface area (Å²) in [5.74, 6) is -0.789. The molecule has 0 saturated carbocycles. The van der Waals surface area contributed by atoms with Crippen molar-refractivity contribution in [3.8, 4) is 11.1 Å². The predicted octanol–water partition coefficient (Wildman–Crippen LogP) is 5.51. The number of hydrogen-bond acceptors (Lipinski definition) is 4. The number of hydrogen-bond donors (Lipinski definition) is 1. The zero-order chi connectivity index (χ0) is 21.5. The van der Waals surface area contributed by atoms with Gasteiger partial charge in [0.05, 0.1) is 17.2 Å². The number of aryl methyl sites for hydroxylation is 1. The molecule has 2 heterocycles. The number of rotatable bonds is 6. The lowest BCUT2D eigenvalue weighted by molar-refractivity contribution is -0.138. The smallest absolute Gasteiger partial charge is 0.195 e. The van der Waals surface area contributed by atoms with Gasteiger partial charge in [-0.15, -0.1) is 0 Å². The fraction of sp³-hybridized carbons (Fsp3) is 0.375. The molecule has 1 saturated heterocycles. The van der Waals surface area contributed by atoms with Gasteiger partial charge in [0.1, 0.15) is 23.3 Å². The van der Waals surface area contributed by atoms with Gasteiger partial charge in [0.2, 0.25) is 0 Å². The van der Waals surface area contributed by atoms with E-state index in [0.29, 0.717) is 37.0 Å². The number of Topliss-reactive ketones (excluding diaryl/α,β-unsaturated/α-hetero) is 1. The molecule has 0 unspecified atom stereocenters. The van der Waals surface area contributed by atoms with Crippen molar-refractivity contribution in [1.29, 1.82) is 0 Å². The first-order chi connectivity index (χ1) is 14.4. The second-order valence-corrected chi connectivity index (χ2v) is 8.13. The highest BCUT2D eigenvalue weighted by atomic mass is 35.5. The third kappa shape index (κ3) is 3.45. The molecule has 158 valence electrons. The lowest BCUT2D eigenvalue weighted by Crippen LogP contribution is -2.43. The molecule has 0 aromatic heterocycles. The summed E-state index contributed by atoms with van der Waals surface area (Å²) >= 11 is 5.82. The highest BCUT2D eigenvalue weighted by Gasteiger charge is 2.53. The van der Waals surface area contributed by atoms with E-state index in [1.165, 1.54) is 12.1 Å². The monoisotopic (exact) mass is 430 g/mol. The van der Waals surface area contributed by atoms with Gasteiger partial charge in [0.25, 0.3) is 0 Å². The molecule has 1 fully saturated rings. The Labute approximate surface area is 180 Å². The number of ketones is 1. The summed E-state index contributed by atoms with van der Waals surface area (Å²) in [6.45, 7) is 4.56. The number of carbonyl (C=O) groups excluding carboxylic acids is 1. The van der Waals surface area contributed by atoms with Crippen molar-refractivity contribution in [3.05, 3.63) is 64.1 Å². The molecule has 6 heteroatoms. The van der Waals surface area contributed by atoms with Crippen LogP contribution in [0.4, 0.5) is 4.39 Å². The number of aliphatic hydroxyl groups excluding tert-OH is 1. The van der Waals surface area contributed by atoms with E-state index in [2.05, 4.69) is 0 Å². The van der Waals surface area contributed by atoms with Gasteiger partial charge in [-0.25, -0.2) is 4.39 Å². The lowest BCUT2D eigenvalue weighted by Gasteiger charge is -2.34. The Hall–Kier alpha value is -2.21. The Kier molecular flexibility index (Phi) is 5.71. The number of carbonyl (C=O) groups is 1. The maximum absolute atomic E-state index is 14.0. The van der Waals surface area contributed by atoms with Crippen molar-refractivity contribution in [2.45, 2.75) is 44.8 Å². The fourth-order valence-corrected chi connectivity index (χ4v) is 4.41. The summed E-state index contributed by atoms with van der Waals surface area (Å²) in [7, 11) is 0. The van der Waals surface area contributed by atoms with Crippen molar-refractivity contribution in [2.24, 2.45) is 0 Å². The summed E-state index contributed by atoms with van der Waals surface area (Å²) in [6.07, 6.45) is 1.17. The summed E-state index contributed by atoms with van der Waals surface area (Å²) in [5, 5.41) is 11.2. The van der Waals surface area contributed by atoms with Gasteiger partial charge in [-0.05, 0) is 66.6 Å². The van der Waals surface area contributed by atoms with E-state index in [4.69, 9.17) is 21.1 Å². The van der Waals surface area contributed by atoms with Crippen LogP contribution in [-0.4, -0.2) is 35.8 Å². The van der Waals surface area contributed by atoms with Crippen LogP contribution in [0.25, 0.3) is 16.7 Å². The van der Waals surface area contributed by atoms with E-state index < -0.39 is 17.5 Å². The minimum absolute atomic E-state index is 0.0542. The van der Waals surface area contributed by atoms with Crippen LogP contribution in [0, 0.1) is 5.82 Å². The van der Waals surface area contributed by atoms with Crippen LogP contribution in [0.5, 0.6) is 0 Å². The summed E-state index contributed by atoms with van der Waals surface area (Å²) in [4.78, 5) is 13.2. The van der Waals surface area contributed by atoms with Crippen molar-refractivity contribution in [2.75, 3.05) is 13.2 Å². The molecule has 2 aromatic carbocycles. The van der Waals surface area contributed by atoms with Gasteiger partial charge in [0.15, 0.2) is 5.78 Å². The molecule has 2 aliphatic heterocycles. The Morgan fingerprint density at radius 3 is 2.67 bits per heavy atom. The normalized spacial score (nSPS) is 23.3.